The Morgan fingerprint density at radius 2 is 1.63 bits per heavy atom. The summed E-state index contributed by atoms with van der Waals surface area (Å²) in [6, 6.07) is 7.17. The molecule has 1 rings (SSSR count). The van der Waals surface area contributed by atoms with Crippen LogP contribution in [0, 0.1) is 11.8 Å². The Morgan fingerprint density at radius 3 is 2.16 bits per heavy atom. The first kappa shape index (κ1) is 15.8. The van der Waals surface area contributed by atoms with E-state index >= 15 is 0 Å². The third kappa shape index (κ3) is 4.72. The predicted molar refractivity (Wildman–Crippen MR) is 79.8 cm³/mol. The number of hydrogen-bond donors (Lipinski definition) is 0. The molecular formula is C16H22O2S. The van der Waals surface area contributed by atoms with Gasteiger partial charge in [0.15, 0.2) is 9.84 Å². The van der Waals surface area contributed by atoms with Crippen molar-refractivity contribution in [2.24, 2.45) is 0 Å². The Bertz CT molecular complexity index is 543. The number of aryl methyl sites for hydroxylation is 1. The lowest BCUT2D eigenvalue weighted by Gasteiger charge is -2.08. The van der Waals surface area contributed by atoms with Crippen LogP contribution in [0.5, 0.6) is 0 Å². The Labute approximate surface area is 117 Å². The van der Waals surface area contributed by atoms with Crippen LogP contribution < -0.4 is 0 Å². The Hall–Kier alpha value is -1.27. The molecule has 0 radical (unpaired) electrons. The minimum absolute atomic E-state index is 0.377. The van der Waals surface area contributed by atoms with Crippen LogP contribution in [-0.2, 0) is 16.3 Å². The van der Waals surface area contributed by atoms with Crippen molar-refractivity contribution in [2.45, 2.75) is 56.6 Å². The zero-order valence-corrected chi connectivity index (χ0v) is 12.8. The molecule has 1 aromatic carbocycles. The van der Waals surface area contributed by atoms with Gasteiger partial charge in [0.1, 0.15) is 0 Å². The van der Waals surface area contributed by atoms with E-state index in [1.165, 1.54) is 0 Å². The van der Waals surface area contributed by atoms with Gasteiger partial charge in [0.05, 0.1) is 10.1 Å². The average molecular weight is 278 g/mol. The molecule has 0 N–H and O–H groups in total. The minimum atomic E-state index is -3.15. The summed E-state index contributed by atoms with van der Waals surface area (Å²) in [4.78, 5) is 0.406. The normalized spacial score (nSPS) is 11.2. The maximum absolute atomic E-state index is 12.0. The summed E-state index contributed by atoms with van der Waals surface area (Å²) in [5, 5.41) is -0.377. The fraction of sp³-hybridized carbons (Fsp3) is 0.500. The van der Waals surface area contributed by atoms with Crippen LogP contribution in [0.3, 0.4) is 0 Å². The van der Waals surface area contributed by atoms with E-state index in [1.807, 2.05) is 12.1 Å². The summed E-state index contributed by atoms with van der Waals surface area (Å²) in [5.74, 6) is 6.24. The van der Waals surface area contributed by atoms with Gasteiger partial charge in [0, 0.05) is 12.8 Å². The summed E-state index contributed by atoms with van der Waals surface area (Å²) in [7, 11) is -3.15. The van der Waals surface area contributed by atoms with E-state index in [0.29, 0.717) is 4.90 Å². The molecule has 104 valence electrons. The van der Waals surface area contributed by atoms with Gasteiger partial charge in [-0.1, -0.05) is 19.1 Å². The van der Waals surface area contributed by atoms with E-state index in [4.69, 9.17) is 0 Å². The van der Waals surface area contributed by atoms with Crippen molar-refractivity contribution in [1.29, 1.82) is 0 Å². The van der Waals surface area contributed by atoms with Gasteiger partial charge in [-0.05, 0) is 44.4 Å². The maximum atomic E-state index is 12.0. The molecule has 0 spiro atoms. The molecule has 0 aliphatic rings. The molecule has 19 heavy (non-hydrogen) atoms. The SMILES string of the molecule is CCCC#CCCc1ccc(S(=O)(=O)C(C)C)cc1. The molecule has 2 nitrogen and oxygen atoms in total. The molecule has 3 heteroatoms. The highest BCUT2D eigenvalue weighted by Crippen LogP contribution is 2.17. The molecule has 0 amide bonds. The van der Waals surface area contributed by atoms with Crippen LogP contribution in [0.4, 0.5) is 0 Å². The van der Waals surface area contributed by atoms with E-state index in [0.717, 1.165) is 31.2 Å². The van der Waals surface area contributed by atoms with E-state index in [1.54, 1.807) is 26.0 Å². The number of unbranched alkanes of at least 4 members (excludes halogenated alkanes) is 1. The number of benzene rings is 1. The van der Waals surface area contributed by atoms with Gasteiger partial charge in [0.2, 0.25) is 0 Å². The first-order valence-corrected chi connectivity index (χ1v) is 8.31. The Kier molecular flexibility index (Phi) is 6.11. The fourth-order valence-corrected chi connectivity index (χ4v) is 2.69. The highest BCUT2D eigenvalue weighted by molar-refractivity contribution is 7.92. The van der Waals surface area contributed by atoms with Gasteiger partial charge in [-0.3, -0.25) is 0 Å². The zero-order chi connectivity index (χ0) is 14.3. The van der Waals surface area contributed by atoms with Crippen LogP contribution in [0.25, 0.3) is 0 Å². The van der Waals surface area contributed by atoms with Crippen molar-refractivity contribution in [2.75, 3.05) is 0 Å². The third-order valence-electron chi connectivity index (χ3n) is 2.91. The number of rotatable bonds is 5. The van der Waals surface area contributed by atoms with Gasteiger partial charge in [0.25, 0.3) is 0 Å². The van der Waals surface area contributed by atoms with E-state index in [-0.39, 0.29) is 5.25 Å². The van der Waals surface area contributed by atoms with Gasteiger partial charge < -0.3 is 0 Å². The first-order chi connectivity index (χ1) is 8.98. The third-order valence-corrected chi connectivity index (χ3v) is 5.08. The van der Waals surface area contributed by atoms with Crippen LogP contribution >= 0.6 is 0 Å². The van der Waals surface area contributed by atoms with Gasteiger partial charge in [-0.2, -0.15) is 0 Å². The molecule has 0 atom stereocenters. The maximum Gasteiger partial charge on any atom is 0.180 e. The minimum Gasteiger partial charge on any atom is -0.223 e. The smallest absolute Gasteiger partial charge is 0.180 e. The standard InChI is InChI=1S/C16H22O2S/c1-4-5-6-7-8-9-15-10-12-16(13-11-15)19(17,18)14(2)3/h10-14H,4-5,8-9H2,1-3H3. The molecule has 0 fully saturated rings. The van der Waals surface area contributed by atoms with E-state index in [9.17, 15) is 8.42 Å². The quantitative estimate of drug-likeness (QED) is 0.771. The molecule has 0 heterocycles. The second kappa shape index (κ2) is 7.35. The highest BCUT2D eigenvalue weighted by Gasteiger charge is 2.18. The van der Waals surface area contributed by atoms with Crippen molar-refractivity contribution in [3.63, 3.8) is 0 Å². The average Bonchev–Trinajstić information content (AvgIpc) is 2.39. The van der Waals surface area contributed by atoms with Gasteiger partial charge in [-0.25, -0.2) is 8.42 Å². The topological polar surface area (TPSA) is 34.1 Å². The van der Waals surface area contributed by atoms with Gasteiger partial charge in [-0.15, -0.1) is 11.8 Å². The molecular weight excluding hydrogens is 256 g/mol. The lowest BCUT2D eigenvalue weighted by Crippen LogP contribution is -2.13. The molecule has 0 aliphatic heterocycles. The summed E-state index contributed by atoms with van der Waals surface area (Å²) < 4.78 is 23.9. The summed E-state index contributed by atoms with van der Waals surface area (Å²) in [6.45, 7) is 5.52. The fourth-order valence-electron chi connectivity index (χ4n) is 1.63. The van der Waals surface area contributed by atoms with Crippen molar-refractivity contribution in [1.82, 2.24) is 0 Å². The van der Waals surface area contributed by atoms with Crippen LogP contribution in [-0.4, -0.2) is 13.7 Å². The monoisotopic (exact) mass is 278 g/mol. The van der Waals surface area contributed by atoms with Crippen LogP contribution in [0.1, 0.15) is 45.6 Å². The second-order valence-corrected chi connectivity index (χ2v) is 7.35. The molecule has 0 saturated carbocycles. The van der Waals surface area contributed by atoms with Crippen molar-refractivity contribution in [3.05, 3.63) is 29.8 Å². The lowest BCUT2D eigenvalue weighted by molar-refractivity contribution is 0.587. The molecule has 0 unspecified atom stereocenters. The Morgan fingerprint density at radius 1 is 1.05 bits per heavy atom. The van der Waals surface area contributed by atoms with Crippen molar-refractivity contribution in [3.8, 4) is 11.8 Å². The number of sulfone groups is 1. The largest absolute Gasteiger partial charge is 0.223 e. The molecule has 0 aliphatic carbocycles. The van der Waals surface area contributed by atoms with Crippen molar-refractivity contribution < 1.29 is 8.42 Å². The molecule has 0 saturated heterocycles. The van der Waals surface area contributed by atoms with Crippen LogP contribution in [0.2, 0.25) is 0 Å². The summed E-state index contributed by atoms with van der Waals surface area (Å²) >= 11 is 0. The van der Waals surface area contributed by atoms with Gasteiger partial charge >= 0.3 is 0 Å². The highest BCUT2D eigenvalue weighted by atomic mass is 32.2. The first-order valence-electron chi connectivity index (χ1n) is 6.77. The Balaban J connectivity index is 2.66. The van der Waals surface area contributed by atoms with Crippen LogP contribution in [0.15, 0.2) is 29.2 Å². The summed E-state index contributed by atoms with van der Waals surface area (Å²) in [6.07, 6.45) is 3.75. The van der Waals surface area contributed by atoms with Crippen molar-refractivity contribution >= 4 is 9.84 Å². The zero-order valence-electron chi connectivity index (χ0n) is 11.9. The van der Waals surface area contributed by atoms with E-state index < -0.39 is 9.84 Å². The number of hydrogen-bond acceptors (Lipinski definition) is 2. The molecule has 1 aromatic rings. The summed E-state index contributed by atoms with van der Waals surface area (Å²) in [5.41, 5.74) is 1.13. The lowest BCUT2D eigenvalue weighted by atomic mass is 10.1. The molecule has 0 bridgehead atoms. The predicted octanol–water partition coefficient (Wildman–Crippen LogP) is 3.60. The molecule has 0 aromatic heterocycles. The van der Waals surface area contributed by atoms with E-state index in [2.05, 4.69) is 18.8 Å². The second-order valence-electron chi connectivity index (χ2n) is 4.84.